The van der Waals surface area contributed by atoms with E-state index in [1.54, 1.807) is 0 Å². The van der Waals surface area contributed by atoms with Crippen LogP contribution in [0.2, 0.25) is 0 Å². The molecule has 0 spiro atoms. The third kappa shape index (κ3) is 3.52. The molecule has 1 saturated heterocycles. The number of morpholine rings is 1. The first-order chi connectivity index (χ1) is 8.16. The van der Waals surface area contributed by atoms with Gasteiger partial charge in [-0.2, -0.15) is 0 Å². The summed E-state index contributed by atoms with van der Waals surface area (Å²) >= 11 is 0. The molecule has 0 aromatic rings. The molecule has 2 unspecified atom stereocenters. The van der Waals surface area contributed by atoms with E-state index in [1.165, 1.54) is 0 Å². The van der Waals surface area contributed by atoms with Crippen molar-refractivity contribution in [1.82, 2.24) is 4.90 Å². The SMILES string of the molecule is CC(C)C1CCC(=O)C(CN2CCOCC2)C1. The molecular formula is C14H25NO2. The summed E-state index contributed by atoms with van der Waals surface area (Å²) in [5.41, 5.74) is 0. The maximum atomic E-state index is 12.0. The number of ether oxygens (including phenoxy) is 1. The van der Waals surface area contributed by atoms with E-state index in [0.29, 0.717) is 5.78 Å². The molecule has 98 valence electrons. The molecule has 0 aromatic heterocycles. The lowest BCUT2D eigenvalue weighted by molar-refractivity contribution is -0.127. The number of carbonyl (C=O) groups excluding carboxylic acids is 1. The highest BCUT2D eigenvalue weighted by Gasteiger charge is 2.31. The summed E-state index contributed by atoms with van der Waals surface area (Å²) in [5, 5.41) is 0. The van der Waals surface area contributed by atoms with Crippen molar-refractivity contribution in [1.29, 1.82) is 0 Å². The van der Waals surface area contributed by atoms with Gasteiger partial charge in [-0.05, 0) is 24.7 Å². The summed E-state index contributed by atoms with van der Waals surface area (Å²) in [6.45, 7) is 9.18. The molecule has 1 saturated carbocycles. The Kier molecular flexibility index (Phi) is 4.57. The number of hydrogen-bond acceptors (Lipinski definition) is 3. The van der Waals surface area contributed by atoms with Crippen LogP contribution >= 0.6 is 0 Å². The summed E-state index contributed by atoms with van der Waals surface area (Å²) in [6.07, 6.45) is 3.02. The minimum Gasteiger partial charge on any atom is -0.379 e. The van der Waals surface area contributed by atoms with E-state index in [9.17, 15) is 4.79 Å². The highest BCUT2D eigenvalue weighted by molar-refractivity contribution is 5.82. The molecule has 3 nitrogen and oxygen atoms in total. The van der Waals surface area contributed by atoms with Crippen LogP contribution in [-0.2, 0) is 9.53 Å². The summed E-state index contributed by atoms with van der Waals surface area (Å²) in [6, 6.07) is 0. The van der Waals surface area contributed by atoms with Crippen LogP contribution < -0.4 is 0 Å². The van der Waals surface area contributed by atoms with Crippen molar-refractivity contribution in [3.05, 3.63) is 0 Å². The van der Waals surface area contributed by atoms with Crippen LogP contribution in [0.15, 0.2) is 0 Å². The van der Waals surface area contributed by atoms with E-state index in [1.807, 2.05) is 0 Å². The lowest BCUT2D eigenvalue weighted by atomic mass is 9.75. The Hall–Kier alpha value is -0.410. The fraction of sp³-hybridized carbons (Fsp3) is 0.929. The monoisotopic (exact) mass is 239 g/mol. The molecule has 2 rings (SSSR count). The third-order valence-corrected chi connectivity index (χ3v) is 4.33. The molecule has 0 aromatic carbocycles. The number of ketones is 1. The Morgan fingerprint density at radius 1 is 1.35 bits per heavy atom. The number of hydrogen-bond donors (Lipinski definition) is 0. The van der Waals surface area contributed by atoms with Crippen molar-refractivity contribution in [3.8, 4) is 0 Å². The van der Waals surface area contributed by atoms with E-state index < -0.39 is 0 Å². The molecule has 0 bridgehead atoms. The van der Waals surface area contributed by atoms with Crippen molar-refractivity contribution >= 4 is 5.78 Å². The molecule has 1 aliphatic heterocycles. The number of nitrogens with zero attached hydrogens (tertiary/aromatic N) is 1. The number of carbonyl (C=O) groups is 1. The molecule has 1 aliphatic carbocycles. The Labute approximate surface area is 105 Å². The molecule has 0 radical (unpaired) electrons. The van der Waals surface area contributed by atoms with Crippen LogP contribution in [0.3, 0.4) is 0 Å². The predicted molar refractivity (Wildman–Crippen MR) is 67.9 cm³/mol. The Balaban J connectivity index is 1.86. The second-order valence-corrected chi connectivity index (χ2v) is 5.85. The van der Waals surface area contributed by atoms with Gasteiger partial charge in [0.1, 0.15) is 5.78 Å². The summed E-state index contributed by atoms with van der Waals surface area (Å²) < 4.78 is 5.35. The Morgan fingerprint density at radius 2 is 2.06 bits per heavy atom. The van der Waals surface area contributed by atoms with Crippen molar-refractivity contribution in [2.75, 3.05) is 32.8 Å². The van der Waals surface area contributed by atoms with Crippen LogP contribution in [0.4, 0.5) is 0 Å². The molecular weight excluding hydrogens is 214 g/mol. The smallest absolute Gasteiger partial charge is 0.137 e. The van der Waals surface area contributed by atoms with Crippen LogP contribution in [0.25, 0.3) is 0 Å². The lowest BCUT2D eigenvalue weighted by Crippen LogP contribution is -2.42. The molecule has 17 heavy (non-hydrogen) atoms. The van der Waals surface area contributed by atoms with Gasteiger partial charge in [-0.25, -0.2) is 0 Å². The van der Waals surface area contributed by atoms with Gasteiger partial charge in [0.2, 0.25) is 0 Å². The zero-order valence-electron chi connectivity index (χ0n) is 11.2. The number of rotatable bonds is 3. The van der Waals surface area contributed by atoms with Crippen LogP contribution in [0.1, 0.15) is 33.1 Å². The first kappa shape index (κ1) is 13.0. The normalized spacial score (nSPS) is 32.1. The minimum absolute atomic E-state index is 0.286. The molecule has 3 heteroatoms. The Morgan fingerprint density at radius 3 is 2.71 bits per heavy atom. The van der Waals surface area contributed by atoms with Crippen molar-refractivity contribution in [2.45, 2.75) is 33.1 Å². The highest BCUT2D eigenvalue weighted by Crippen LogP contribution is 2.32. The van der Waals surface area contributed by atoms with E-state index in [-0.39, 0.29) is 5.92 Å². The van der Waals surface area contributed by atoms with Gasteiger partial charge in [-0.1, -0.05) is 13.8 Å². The molecule has 0 N–H and O–H groups in total. The number of Topliss-reactive ketones (excluding diaryl/α,β-unsaturated/α-hetero) is 1. The van der Waals surface area contributed by atoms with Crippen LogP contribution in [-0.4, -0.2) is 43.5 Å². The van der Waals surface area contributed by atoms with Crippen molar-refractivity contribution in [3.63, 3.8) is 0 Å². The molecule has 2 aliphatic rings. The van der Waals surface area contributed by atoms with E-state index >= 15 is 0 Å². The fourth-order valence-corrected chi connectivity index (χ4v) is 3.02. The van der Waals surface area contributed by atoms with Gasteiger partial charge in [-0.3, -0.25) is 9.69 Å². The Bertz CT molecular complexity index is 259. The zero-order chi connectivity index (χ0) is 12.3. The highest BCUT2D eigenvalue weighted by atomic mass is 16.5. The van der Waals surface area contributed by atoms with E-state index in [0.717, 1.165) is 63.9 Å². The standard InChI is InChI=1S/C14H25NO2/c1-11(2)12-3-4-14(16)13(9-12)10-15-5-7-17-8-6-15/h11-13H,3-10H2,1-2H3. The predicted octanol–water partition coefficient (Wildman–Crippen LogP) is 1.96. The van der Waals surface area contributed by atoms with Crippen LogP contribution in [0, 0.1) is 17.8 Å². The molecule has 1 heterocycles. The largest absolute Gasteiger partial charge is 0.379 e. The van der Waals surface area contributed by atoms with Crippen molar-refractivity contribution < 1.29 is 9.53 Å². The molecule has 2 fully saturated rings. The van der Waals surface area contributed by atoms with Gasteiger partial charge in [0.25, 0.3) is 0 Å². The van der Waals surface area contributed by atoms with Gasteiger partial charge in [0.15, 0.2) is 0 Å². The first-order valence-corrected chi connectivity index (χ1v) is 6.99. The van der Waals surface area contributed by atoms with E-state index in [4.69, 9.17) is 4.74 Å². The van der Waals surface area contributed by atoms with Crippen molar-refractivity contribution in [2.24, 2.45) is 17.8 Å². The topological polar surface area (TPSA) is 29.5 Å². The second-order valence-electron chi connectivity index (χ2n) is 5.85. The minimum atomic E-state index is 0.286. The quantitative estimate of drug-likeness (QED) is 0.754. The van der Waals surface area contributed by atoms with Gasteiger partial charge in [0, 0.05) is 32.0 Å². The van der Waals surface area contributed by atoms with Gasteiger partial charge in [-0.15, -0.1) is 0 Å². The first-order valence-electron chi connectivity index (χ1n) is 6.99. The molecule has 0 amide bonds. The van der Waals surface area contributed by atoms with E-state index in [2.05, 4.69) is 18.7 Å². The fourth-order valence-electron chi connectivity index (χ4n) is 3.02. The van der Waals surface area contributed by atoms with Gasteiger partial charge >= 0.3 is 0 Å². The maximum absolute atomic E-state index is 12.0. The summed E-state index contributed by atoms with van der Waals surface area (Å²) in [4.78, 5) is 14.4. The average molecular weight is 239 g/mol. The summed E-state index contributed by atoms with van der Waals surface area (Å²) in [5.74, 6) is 2.25. The average Bonchev–Trinajstić information content (AvgIpc) is 2.33. The van der Waals surface area contributed by atoms with Gasteiger partial charge in [0.05, 0.1) is 13.2 Å². The molecule has 2 atom stereocenters. The van der Waals surface area contributed by atoms with Gasteiger partial charge < -0.3 is 4.74 Å². The maximum Gasteiger partial charge on any atom is 0.137 e. The third-order valence-electron chi connectivity index (χ3n) is 4.33. The zero-order valence-corrected chi connectivity index (χ0v) is 11.2. The summed E-state index contributed by atoms with van der Waals surface area (Å²) in [7, 11) is 0. The van der Waals surface area contributed by atoms with Crippen LogP contribution in [0.5, 0.6) is 0 Å². The lowest BCUT2D eigenvalue weighted by Gasteiger charge is -2.35. The second kappa shape index (κ2) is 5.96.